The van der Waals surface area contributed by atoms with E-state index in [1.165, 1.54) is 4.90 Å². The van der Waals surface area contributed by atoms with Crippen LogP contribution in [0.15, 0.2) is 24.3 Å². The van der Waals surface area contributed by atoms with Gasteiger partial charge in [0, 0.05) is 0 Å². The van der Waals surface area contributed by atoms with Crippen molar-refractivity contribution in [3.63, 3.8) is 0 Å². The first-order valence-corrected chi connectivity index (χ1v) is 9.52. The lowest BCUT2D eigenvalue weighted by Gasteiger charge is -2.20. The molecule has 27 heavy (non-hydrogen) atoms. The van der Waals surface area contributed by atoms with Gasteiger partial charge in [0.25, 0.3) is 0 Å². The maximum atomic E-state index is 12.5. The molecule has 146 valence electrons. The lowest BCUT2D eigenvalue weighted by Crippen LogP contribution is -2.40. The van der Waals surface area contributed by atoms with Crippen LogP contribution in [0.4, 0.5) is 0 Å². The van der Waals surface area contributed by atoms with Gasteiger partial charge in [-0.15, -0.1) is 0 Å². The number of nitrogens with zero attached hydrogens (tertiary/aromatic N) is 1. The first-order chi connectivity index (χ1) is 13.0. The molecule has 6 nitrogen and oxygen atoms in total. The van der Waals surface area contributed by atoms with E-state index >= 15 is 0 Å². The fraction of sp³-hybridized carbons (Fsp3) is 0.524. The highest BCUT2D eigenvalue weighted by Gasteiger charge is 2.48. The van der Waals surface area contributed by atoms with Gasteiger partial charge in [-0.05, 0) is 37.5 Å². The van der Waals surface area contributed by atoms with Gasteiger partial charge in [-0.2, -0.15) is 0 Å². The van der Waals surface area contributed by atoms with Gasteiger partial charge in [0.05, 0.1) is 25.5 Å². The third-order valence-electron chi connectivity index (χ3n) is 5.30. The van der Waals surface area contributed by atoms with E-state index < -0.39 is 6.10 Å². The molecular weight excluding hydrogens is 346 g/mol. The number of allylic oxidation sites excluding steroid dienone is 1. The number of fused-ring (bicyclic) bond motifs is 1. The molecule has 1 aromatic carbocycles. The number of hydrogen-bond donors (Lipinski definition) is 1. The lowest BCUT2D eigenvalue weighted by molar-refractivity contribution is -0.141. The number of carbonyl (C=O) groups is 2. The summed E-state index contributed by atoms with van der Waals surface area (Å²) in [4.78, 5) is 26.2. The number of aliphatic hydroxyl groups excluding tert-OH is 1. The molecule has 2 fully saturated rings. The van der Waals surface area contributed by atoms with Crippen LogP contribution in [-0.2, 0) is 9.59 Å². The molecule has 1 aliphatic carbocycles. The SMILES string of the molecule is C/C=C/c1ccc(OCC(O)CN2C(=O)C3CCCCC3C2=O)c(OC)c1. The van der Waals surface area contributed by atoms with Crippen LogP contribution >= 0.6 is 0 Å². The Balaban J connectivity index is 1.59. The Morgan fingerprint density at radius 2 is 1.85 bits per heavy atom. The highest BCUT2D eigenvalue weighted by atomic mass is 16.5. The second-order valence-electron chi connectivity index (χ2n) is 7.16. The number of ether oxygens (including phenoxy) is 2. The Bertz CT molecular complexity index is 705. The van der Waals surface area contributed by atoms with Crippen molar-refractivity contribution >= 4 is 17.9 Å². The highest BCUT2D eigenvalue weighted by Crippen LogP contribution is 2.38. The molecule has 1 saturated carbocycles. The zero-order chi connectivity index (χ0) is 19.4. The Labute approximate surface area is 159 Å². The van der Waals surface area contributed by atoms with Gasteiger partial charge in [-0.1, -0.05) is 31.1 Å². The maximum absolute atomic E-state index is 12.5. The molecule has 3 atom stereocenters. The molecule has 0 spiro atoms. The summed E-state index contributed by atoms with van der Waals surface area (Å²) in [7, 11) is 1.56. The van der Waals surface area contributed by atoms with E-state index in [0.29, 0.717) is 11.5 Å². The summed E-state index contributed by atoms with van der Waals surface area (Å²) in [5.41, 5.74) is 0.984. The molecule has 2 aliphatic rings. The number of aliphatic hydroxyl groups is 1. The zero-order valence-corrected chi connectivity index (χ0v) is 15.9. The summed E-state index contributed by atoms with van der Waals surface area (Å²) in [5, 5.41) is 10.3. The molecule has 1 N–H and O–H groups in total. The molecule has 0 aromatic heterocycles. The summed E-state index contributed by atoms with van der Waals surface area (Å²) in [6.07, 6.45) is 6.46. The van der Waals surface area contributed by atoms with E-state index in [9.17, 15) is 14.7 Å². The maximum Gasteiger partial charge on any atom is 0.233 e. The van der Waals surface area contributed by atoms with Crippen LogP contribution in [0.5, 0.6) is 11.5 Å². The summed E-state index contributed by atoms with van der Waals surface area (Å²) < 4.78 is 11.0. The van der Waals surface area contributed by atoms with Crippen molar-refractivity contribution in [1.29, 1.82) is 0 Å². The van der Waals surface area contributed by atoms with Crippen LogP contribution in [0, 0.1) is 11.8 Å². The number of hydrogen-bond acceptors (Lipinski definition) is 5. The third kappa shape index (κ3) is 4.16. The highest BCUT2D eigenvalue weighted by molar-refractivity contribution is 6.05. The van der Waals surface area contributed by atoms with Crippen molar-refractivity contribution < 1.29 is 24.2 Å². The molecule has 2 amide bonds. The fourth-order valence-corrected chi connectivity index (χ4v) is 3.96. The van der Waals surface area contributed by atoms with E-state index in [0.717, 1.165) is 31.2 Å². The second kappa shape index (κ2) is 8.57. The number of amides is 2. The Morgan fingerprint density at radius 3 is 2.44 bits per heavy atom. The minimum atomic E-state index is -0.946. The minimum absolute atomic E-state index is 0.0221. The van der Waals surface area contributed by atoms with Crippen LogP contribution < -0.4 is 9.47 Å². The number of methoxy groups -OCH3 is 1. The van der Waals surface area contributed by atoms with Crippen molar-refractivity contribution in [1.82, 2.24) is 4.90 Å². The van der Waals surface area contributed by atoms with Crippen LogP contribution in [0.25, 0.3) is 6.08 Å². The van der Waals surface area contributed by atoms with Gasteiger partial charge in [0.1, 0.15) is 12.7 Å². The van der Waals surface area contributed by atoms with Gasteiger partial charge in [-0.3, -0.25) is 14.5 Å². The first-order valence-electron chi connectivity index (χ1n) is 9.52. The predicted octanol–water partition coefficient (Wildman–Crippen LogP) is 2.64. The molecule has 1 heterocycles. The number of likely N-dealkylation sites (tertiary alicyclic amines) is 1. The molecule has 1 saturated heterocycles. The van der Waals surface area contributed by atoms with Gasteiger partial charge in [0.15, 0.2) is 11.5 Å². The van der Waals surface area contributed by atoms with Crippen LogP contribution in [0.1, 0.15) is 38.2 Å². The van der Waals surface area contributed by atoms with E-state index in [-0.39, 0.29) is 36.8 Å². The van der Waals surface area contributed by atoms with Crippen LogP contribution in [0.3, 0.4) is 0 Å². The molecule has 1 aromatic rings. The van der Waals surface area contributed by atoms with E-state index in [4.69, 9.17) is 9.47 Å². The Kier molecular flexibility index (Phi) is 6.16. The standard InChI is InChI=1S/C21H27NO5/c1-3-6-14-9-10-18(19(11-14)26-2)27-13-15(23)12-22-20(24)16-7-4-5-8-17(16)21(22)25/h3,6,9-11,15-17,23H,4-5,7-8,12-13H2,1-2H3/b6-3+. The molecule has 1 aliphatic heterocycles. The van der Waals surface area contributed by atoms with Crippen molar-refractivity contribution in [3.8, 4) is 11.5 Å². The second-order valence-corrected chi connectivity index (χ2v) is 7.16. The van der Waals surface area contributed by atoms with Gasteiger partial charge < -0.3 is 14.6 Å². The smallest absolute Gasteiger partial charge is 0.233 e. The molecule has 0 bridgehead atoms. The summed E-state index contributed by atoms with van der Waals surface area (Å²) in [6, 6.07) is 5.52. The number of imide groups is 1. The third-order valence-corrected chi connectivity index (χ3v) is 5.30. The number of benzene rings is 1. The Hall–Kier alpha value is -2.34. The monoisotopic (exact) mass is 373 g/mol. The van der Waals surface area contributed by atoms with Crippen molar-refractivity contribution in [3.05, 3.63) is 29.8 Å². The summed E-state index contributed by atoms with van der Waals surface area (Å²) >= 11 is 0. The number of rotatable bonds is 7. The van der Waals surface area contributed by atoms with Crippen molar-refractivity contribution in [2.45, 2.75) is 38.7 Å². The quantitative estimate of drug-likeness (QED) is 0.744. The molecule has 3 unspecified atom stereocenters. The van der Waals surface area contributed by atoms with E-state index in [1.54, 1.807) is 13.2 Å². The summed E-state index contributed by atoms with van der Waals surface area (Å²) in [6.45, 7) is 1.89. The lowest BCUT2D eigenvalue weighted by atomic mass is 9.81. The zero-order valence-electron chi connectivity index (χ0n) is 15.9. The van der Waals surface area contributed by atoms with Gasteiger partial charge in [-0.25, -0.2) is 0 Å². The predicted molar refractivity (Wildman–Crippen MR) is 101 cm³/mol. The van der Waals surface area contributed by atoms with Crippen molar-refractivity contribution in [2.75, 3.05) is 20.3 Å². The van der Waals surface area contributed by atoms with Crippen molar-refractivity contribution in [2.24, 2.45) is 11.8 Å². The Morgan fingerprint density at radius 1 is 1.19 bits per heavy atom. The molecular formula is C21H27NO5. The first kappa shape index (κ1) is 19.4. The molecule has 0 radical (unpaired) electrons. The molecule has 3 rings (SSSR count). The van der Waals surface area contributed by atoms with Gasteiger partial charge >= 0.3 is 0 Å². The number of β-amino-alcohol motifs (C(OH)–C–C–N with tert-alkyl or cyclic N) is 1. The van der Waals surface area contributed by atoms with Gasteiger partial charge in [0.2, 0.25) is 11.8 Å². The normalized spacial score (nSPS) is 23.6. The van der Waals surface area contributed by atoms with E-state index in [1.807, 2.05) is 31.2 Å². The minimum Gasteiger partial charge on any atom is -0.493 e. The largest absolute Gasteiger partial charge is 0.493 e. The average Bonchev–Trinajstić information content (AvgIpc) is 2.92. The summed E-state index contributed by atoms with van der Waals surface area (Å²) in [5.74, 6) is 0.404. The fourth-order valence-electron chi connectivity index (χ4n) is 3.96. The topological polar surface area (TPSA) is 76.1 Å². The van der Waals surface area contributed by atoms with E-state index in [2.05, 4.69) is 0 Å². The van der Waals surface area contributed by atoms with Crippen LogP contribution in [-0.4, -0.2) is 48.2 Å². The average molecular weight is 373 g/mol. The number of carbonyl (C=O) groups excluding carboxylic acids is 2. The molecule has 6 heteroatoms. The van der Waals surface area contributed by atoms with Crippen LogP contribution in [0.2, 0.25) is 0 Å².